The molecule has 1 N–H and O–H groups in total. The van der Waals surface area contributed by atoms with E-state index in [2.05, 4.69) is 45.5 Å². The standard InChI is InChI=1S/C18H23N3O/c1-2-5-16(6-3-1)8-11-21-12-10-20-13-17(21)15-22-18-7-4-9-19-14-18/h1-7,9,14,17,20H,8,10-13,15H2. The van der Waals surface area contributed by atoms with Gasteiger partial charge in [0.15, 0.2) is 0 Å². The van der Waals surface area contributed by atoms with Gasteiger partial charge in [0.25, 0.3) is 0 Å². The maximum atomic E-state index is 5.88. The van der Waals surface area contributed by atoms with Gasteiger partial charge in [-0.15, -0.1) is 0 Å². The summed E-state index contributed by atoms with van der Waals surface area (Å²) in [6.07, 6.45) is 4.62. The van der Waals surface area contributed by atoms with Crippen molar-refractivity contribution in [3.8, 4) is 5.75 Å². The molecule has 0 aliphatic carbocycles. The molecule has 1 aromatic heterocycles. The highest BCUT2D eigenvalue weighted by atomic mass is 16.5. The number of hydrogen-bond donors (Lipinski definition) is 1. The van der Waals surface area contributed by atoms with Gasteiger partial charge in [0.2, 0.25) is 0 Å². The van der Waals surface area contributed by atoms with Crippen LogP contribution in [0.3, 0.4) is 0 Å². The topological polar surface area (TPSA) is 37.4 Å². The molecule has 0 amide bonds. The Bertz CT molecular complexity index is 495. The average molecular weight is 297 g/mol. The van der Waals surface area contributed by atoms with Crippen molar-refractivity contribution in [1.29, 1.82) is 0 Å². The summed E-state index contributed by atoms with van der Waals surface area (Å²) >= 11 is 0. The molecule has 0 spiro atoms. The summed E-state index contributed by atoms with van der Waals surface area (Å²) in [6.45, 7) is 4.89. The van der Waals surface area contributed by atoms with Crippen molar-refractivity contribution >= 4 is 0 Å². The zero-order valence-electron chi connectivity index (χ0n) is 12.8. The lowest BCUT2D eigenvalue weighted by atomic mass is 10.1. The summed E-state index contributed by atoms with van der Waals surface area (Å²) < 4.78 is 5.88. The third kappa shape index (κ3) is 4.29. The van der Waals surface area contributed by atoms with Crippen LogP contribution in [-0.2, 0) is 6.42 Å². The van der Waals surface area contributed by atoms with Crippen LogP contribution in [0.1, 0.15) is 5.56 Å². The molecule has 22 heavy (non-hydrogen) atoms. The van der Waals surface area contributed by atoms with Gasteiger partial charge in [-0.1, -0.05) is 30.3 Å². The highest BCUT2D eigenvalue weighted by Gasteiger charge is 2.22. The summed E-state index contributed by atoms with van der Waals surface area (Å²) in [4.78, 5) is 6.62. The van der Waals surface area contributed by atoms with Crippen LogP contribution in [0, 0.1) is 0 Å². The van der Waals surface area contributed by atoms with E-state index in [0.29, 0.717) is 12.6 Å². The SMILES string of the molecule is c1ccc(CCN2CCNCC2COc2cccnc2)cc1. The van der Waals surface area contributed by atoms with E-state index in [1.807, 2.05) is 12.1 Å². The summed E-state index contributed by atoms with van der Waals surface area (Å²) in [7, 11) is 0. The van der Waals surface area contributed by atoms with Crippen molar-refractivity contribution in [2.75, 3.05) is 32.8 Å². The van der Waals surface area contributed by atoms with Crippen molar-refractivity contribution in [2.24, 2.45) is 0 Å². The molecule has 1 unspecified atom stereocenters. The fourth-order valence-corrected chi connectivity index (χ4v) is 2.80. The van der Waals surface area contributed by atoms with Gasteiger partial charge in [0, 0.05) is 32.4 Å². The fourth-order valence-electron chi connectivity index (χ4n) is 2.80. The highest BCUT2D eigenvalue weighted by Crippen LogP contribution is 2.11. The Morgan fingerprint density at radius 2 is 2.09 bits per heavy atom. The van der Waals surface area contributed by atoms with Gasteiger partial charge in [-0.2, -0.15) is 0 Å². The Morgan fingerprint density at radius 1 is 1.18 bits per heavy atom. The largest absolute Gasteiger partial charge is 0.490 e. The van der Waals surface area contributed by atoms with Crippen LogP contribution in [-0.4, -0.2) is 48.7 Å². The molecule has 1 atom stereocenters. The molecule has 2 aromatic rings. The van der Waals surface area contributed by atoms with E-state index < -0.39 is 0 Å². The van der Waals surface area contributed by atoms with E-state index in [0.717, 1.165) is 38.3 Å². The molecule has 1 saturated heterocycles. The van der Waals surface area contributed by atoms with Gasteiger partial charge in [-0.05, 0) is 24.1 Å². The maximum absolute atomic E-state index is 5.88. The third-order valence-electron chi connectivity index (χ3n) is 4.08. The lowest BCUT2D eigenvalue weighted by molar-refractivity contribution is 0.111. The van der Waals surface area contributed by atoms with Crippen molar-refractivity contribution in [3.05, 3.63) is 60.4 Å². The predicted molar refractivity (Wildman–Crippen MR) is 88.1 cm³/mol. The first kappa shape index (κ1) is 15.0. The van der Waals surface area contributed by atoms with Gasteiger partial charge in [0.1, 0.15) is 12.4 Å². The van der Waals surface area contributed by atoms with Crippen LogP contribution in [0.2, 0.25) is 0 Å². The van der Waals surface area contributed by atoms with Crippen molar-refractivity contribution in [3.63, 3.8) is 0 Å². The lowest BCUT2D eigenvalue weighted by Gasteiger charge is -2.36. The maximum Gasteiger partial charge on any atom is 0.137 e. The first-order valence-corrected chi connectivity index (χ1v) is 7.93. The van der Waals surface area contributed by atoms with Crippen LogP contribution in [0.15, 0.2) is 54.9 Å². The third-order valence-corrected chi connectivity index (χ3v) is 4.08. The number of nitrogens with one attached hydrogen (secondary N) is 1. The van der Waals surface area contributed by atoms with E-state index >= 15 is 0 Å². The zero-order valence-corrected chi connectivity index (χ0v) is 12.8. The molecule has 1 aromatic carbocycles. The lowest BCUT2D eigenvalue weighted by Crippen LogP contribution is -2.54. The van der Waals surface area contributed by atoms with E-state index in [1.165, 1.54) is 5.56 Å². The van der Waals surface area contributed by atoms with Gasteiger partial charge < -0.3 is 10.1 Å². The number of ether oxygens (including phenoxy) is 1. The Kier molecular flexibility index (Phi) is 5.40. The molecule has 1 aliphatic rings. The summed E-state index contributed by atoms with van der Waals surface area (Å²) in [6, 6.07) is 15.0. The van der Waals surface area contributed by atoms with E-state index in [1.54, 1.807) is 12.4 Å². The first-order valence-electron chi connectivity index (χ1n) is 7.93. The normalized spacial score (nSPS) is 19.0. The Balaban J connectivity index is 1.52. The van der Waals surface area contributed by atoms with Crippen molar-refractivity contribution < 1.29 is 4.74 Å². The van der Waals surface area contributed by atoms with Crippen LogP contribution < -0.4 is 10.1 Å². The number of benzene rings is 1. The number of pyridine rings is 1. The van der Waals surface area contributed by atoms with Gasteiger partial charge >= 0.3 is 0 Å². The van der Waals surface area contributed by atoms with Crippen molar-refractivity contribution in [2.45, 2.75) is 12.5 Å². The fraction of sp³-hybridized carbons (Fsp3) is 0.389. The number of piperazine rings is 1. The molecule has 4 nitrogen and oxygen atoms in total. The van der Waals surface area contributed by atoms with E-state index in [-0.39, 0.29) is 0 Å². The monoisotopic (exact) mass is 297 g/mol. The molecule has 3 rings (SSSR count). The van der Waals surface area contributed by atoms with Crippen LogP contribution in [0.25, 0.3) is 0 Å². The summed E-state index contributed by atoms with van der Waals surface area (Å²) in [5.41, 5.74) is 1.40. The Labute approximate surface area is 132 Å². The highest BCUT2D eigenvalue weighted by molar-refractivity contribution is 5.16. The van der Waals surface area contributed by atoms with Crippen LogP contribution in [0.4, 0.5) is 0 Å². The van der Waals surface area contributed by atoms with Gasteiger partial charge in [-0.25, -0.2) is 0 Å². The summed E-state index contributed by atoms with van der Waals surface area (Å²) in [5.74, 6) is 0.844. The molecule has 0 saturated carbocycles. The van der Waals surface area contributed by atoms with E-state index in [9.17, 15) is 0 Å². The minimum Gasteiger partial charge on any atom is -0.490 e. The number of nitrogens with zero attached hydrogens (tertiary/aromatic N) is 2. The second kappa shape index (κ2) is 7.92. The molecule has 4 heteroatoms. The Morgan fingerprint density at radius 3 is 2.91 bits per heavy atom. The molecule has 0 bridgehead atoms. The molecule has 1 fully saturated rings. The zero-order chi connectivity index (χ0) is 15.0. The second-order valence-corrected chi connectivity index (χ2v) is 5.63. The average Bonchev–Trinajstić information content (AvgIpc) is 2.61. The van der Waals surface area contributed by atoms with E-state index in [4.69, 9.17) is 4.74 Å². The predicted octanol–water partition coefficient (Wildman–Crippen LogP) is 1.98. The van der Waals surface area contributed by atoms with Gasteiger partial charge in [-0.3, -0.25) is 9.88 Å². The molecule has 2 heterocycles. The van der Waals surface area contributed by atoms with Crippen LogP contribution in [0.5, 0.6) is 5.75 Å². The molecular weight excluding hydrogens is 274 g/mol. The minimum absolute atomic E-state index is 0.415. The molecule has 1 aliphatic heterocycles. The van der Waals surface area contributed by atoms with Crippen molar-refractivity contribution in [1.82, 2.24) is 15.2 Å². The minimum atomic E-state index is 0.415. The summed E-state index contributed by atoms with van der Waals surface area (Å²) in [5, 5.41) is 3.46. The number of hydrogen-bond acceptors (Lipinski definition) is 4. The Hall–Kier alpha value is -1.91. The first-order chi connectivity index (χ1) is 10.9. The number of rotatable bonds is 6. The molecule has 116 valence electrons. The molecular formula is C18H23N3O. The second-order valence-electron chi connectivity index (χ2n) is 5.63. The smallest absolute Gasteiger partial charge is 0.137 e. The van der Waals surface area contributed by atoms with Crippen LogP contribution >= 0.6 is 0 Å². The van der Waals surface area contributed by atoms with Gasteiger partial charge in [0.05, 0.1) is 12.2 Å². The molecule has 0 radical (unpaired) electrons. The number of aromatic nitrogens is 1. The quantitative estimate of drug-likeness (QED) is 0.884.